The fraction of sp³-hybridized carbons (Fsp3) is 0.333. The molecule has 1 N–H and O–H groups in total. The molecular weight excluding hydrogens is 402 g/mol. The molecule has 30 heavy (non-hydrogen) atoms. The molecule has 1 saturated heterocycles. The Morgan fingerprint density at radius 2 is 1.93 bits per heavy atom. The summed E-state index contributed by atoms with van der Waals surface area (Å²) in [5, 5.41) is 11.0. The number of benzene rings is 2. The molecule has 1 heterocycles. The minimum absolute atomic E-state index is 0.0321. The van der Waals surface area contributed by atoms with Gasteiger partial charge >= 0.3 is 12.1 Å². The van der Waals surface area contributed by atoms with Crippen LogP contribution in [-0.4, -0.2) is 38.3 Å². The molecule has 2 atom stereocenters. The highest BCUT2D eigenvalue weighted by Crippen LogP contribution is 2.33. The van der Waals surface area contributed by atoms with Gasteiger partial charge < -0.3 is 15.0 Å². The summed E-state index contributed by atoms with van der Waals surface area (Å²) >= 11 is 0. The van der Waals surface area contributed by atoms with Crippen molar-refractivity contribution in [2.24, 2.45) is 0 Å². The third kappa shape index (κ3) is 4.64. The van der Waals surface area contributed by atoms with Crippen LogP contribution in [0.2, 0.25) is 0 Å². The fourth-order valence-corrected chi connectivity index (χ4v) is 3.64. The standard InChI is InChI=1S/C21H19F4N3O2/c1-30-19-7-4-14(10-17(19)22)16-8-9-28(15-5-2-13(11-26)3-6-15)12-18(16)27-20(29)21(23,24)25/h2-7,10,16,18H,8-9,12H2,1H3,(H,27,29). The first-order chi connectivity index (χ1) is 14.2. The van der Waals surface area contributed by atoms with Gasteiger partial charge in [-0.25, -0.2) is 4.39 Å². The maximum absolute atomic E-state index is 14.2. The molecule has 1 aliphatic heterocycles. The first-order valence-electron chi connectivity index (χ1n) is 9.19. The lowest BCUT2D eigenvalue weighted by Crippen LogP contribution is -2.54. The monoisotopic (exact) mass is 421 g/mol. The van der Waals surface area contributed by atoms with Crippen molar-refractivity contribution in [3.05, 3.63) is 59.4 Å². The Bertz CT molecular complexity index is 954. The SMILES string of the molecule is COc1ccc(C2CCN(c3ccc(C#N)cc3)CC2NC(=O)C(F)(F)F)cc1F. The summed E-state index contributed by atoms with van der Waals surface area (Å²) in [5.41, 5.74) is 1.67. The number of hydrogen-bond acceptors (Lipinski definition) is 4. The molecule has 9 heteroatoms. The van der Waals surface area contributed by atoms with E-state index in [1.807, 2.05) is 11.0 Å². The Morgan fingerprint density at radius 1 is 1.23 bits per heavy atom. The van der Waals surface area contributed by atoms with Gasteiger partial charge in [0.15, 0.2) is 11.6 Å². The van der Waals surface area contributed by atoms with Crippen LogP contribution >= 0.6 is 0 Å². The zero-order valence-corrected chi connectivity index (χ0v) is 16.0. The second kappa shape index (κ2) is 8.61. The number of piperidine rings is 1. The summed E-state index contributed by atoms with van der Waals surface area (Å²) in [6, 6.07) is 12.0. The first-order valence-corrected chi connectivity index (χ1v) is 9.19. The smallest absolute Gasteiger partial charge is 0.471 e. The van der Waals surface area contributed by atoms with Crippen LogP contribution in [0.25, 0.3) is 0 Å². The zero-order chi connectivity index (χ0) is 21.9. The van der Waals surface area contributed by atoms with Crippen LogP contribution in [0.4, 0.5) is 23.2 Å². The van der Waals surface area contributed by atoms with E-state index >= 15 is 0 Å². The van der Waals surface area contributed by atoms with Gasteiger partial charge in [-0.3, -0.25) is 4.79 Å². The second-order valence-corrected chi connectivity index (χ2v) is 6.97. The van der Waals surface area contributed by atoms with Gasteiger partial charge in [-0.05, 0) is 48.4 Å². The number of carbonyl (C=O) groups excluding carboxylic acids is 1. The van der Waals surface area contributed by atoms with Crippen molar-refractivity contribution in [1.29, 1.82) is 5.26 Å². The Balaban J connectivity index is 1.87. The Morgan fingerprint density at radius 3 is 2.50 bits per heavy atom. The number of nitriles is 1. The van der Waals surface area contributed by atoms with E-state index < -0.39 is 29.9 Å². The van der Waals surface area contributed by atoms with E-state index in [9.17, 15) is 22.4 Å². The molecule has 0 aliphatic carbocycles. The van der Waals surface area contributed by atoms with Gasteiger partial charge in [0, 0.05) is 24.7 Å². The number of hydrogen-bond donors (Lipinski definition) is 1. The van der Waals surface area contributed by atoms with Gasteiger partial charge in [0.1, 0.15) is 0 Å². The number of alkyl halides is 3. The molecule has 2 aromatic rings. The average molecular weight is 421 g/mol. The molecule has 0 saturated carbocycles. The molecule has 1 amide bonds. The molecule has 2 aromatic carbocycles. The molecule has 0 aromatic heterocycles. The number of ether oxygens (including phenoxy) is 1. The lowest BCUT2D eigenvalue weighted by atomic mass is 9.84. The molecule has 0 radical (unpaired) electrons. The van der Waals surface area contributed by atoms with Gasteiger partial charge in [0.25, 0.3) is 0 Å². The minimum Gasteiger partial charge on any atom is -0.494 e. The van der Waals surface area contributed by atoms with Crippen molar-refractivity contribution >= 4 is 11.6 Å². The number of nitrogens with one attached hydrogen (secondary N) is 1. The number of rotatable bonds is 4. The normalized spacial score (nSPS) is 19.1. The lowest BCUT2D eigenvalue weighted by molar-refractivity contribution is -0.174. The van der Waals surface area contributed by atoms with E-state index in [4.69, 9.17) is 10.00 Å². The molecule has 0 bridgehead atoms. The molecule has 1 aliphatic rings. The highest BCUT2D eigenvalue weighted by Gasteiger charge is 2.42. The van der Waals surface area contributed by atoms with Crippen LogP contribution < -0.4 is 15.0 Å². The predicted octanol–water partition coefficient (Wildman–Crippen LogP) is 3.75. The van der Waals surface area contributed by atoms with Crippen LogP contribution in [0.3, 0.4) is 0 Å². The van der Waals surface area contributed by atoms with Gasteiger partial charge in [-0.2, -0.15) is 18.4 Å². The molecule has 1 fully saturated rings. The summed E-state index contributed by atoms with van der Waals surface area (Å²) in [4.78, 5) is 13.5. The zero-order valence-electron chi connectivity index (χ0n) is 16.0. The quantitative estimate of drug-likeness (QED) is 0.764. The summed E-state index contributed by atoms with van der Waals surface area (Å²) in [6.07, 6.45) is -4.62. The van der Waals surface area contributed by atoms with E-state index in [0.717, 1.165) is 5.69 Å². The van der Waals surface area contributed by atoms with Crippen LogP contribution in [0.1, 0.15) is 23.5 Å². The maximum atomic E-state index is 14.2. The maximum Gasteiger partial charge on any atom is 0.471 e. The minimum atomic E-state index is -5.02. The van der Waals surface area contributed by atoms with E-state index in [1.165, 1.54) is 19.2 Å². The Labute approximate surface area is 170 Å². The highest BCUT2D eigenvalue weighted by molar-refractivity contribution is 5.82. The van der Waals surface area contributed by atoms with Crippen molar-refractivity contribution in [2.45, 2.75) is 24.6 Å². The number of amides is 1. The van der Waals surface area contributed by atoms with E-state index in [2.05, 4.69) is 5.32 Å². The topological polar surface area (TPSA) is 65.4 Å². The summed E-state index contributed by atoms with van der Waals surface area (Å²) in [7, 11) is 1.32. The van der Waals surface area contributed by atoms with E-state index in [0.29, 0.717) is 24.1 Å². The Hall–Kier alpha value is -3.28. The van der Waals surface area contributed by atoms with Crippen LogP contribution in [0, 0.1) is 17.1 Å². The van der Waals surface area contributed by atoms with Crippen molar-refractivity contribution in [1.82, 2.24) is 5.32 Å². The van der Waals surface area contributed by atoms with Crippen molar-refractivity contribution in [3.63, 3.8) is 0 Å². The van der Waals surface area contributed by atoms with Gasteiger partial charge in [-0.1, -0.05) is 6.07 Å². The number of anilines is 1. The van der Waals surface area contributed by atoms with Crippen molar-refractivity contribution < 1.29 is 27.1 Å². The van der Waals surface area contributed by atoms with Crippen LogP contribution in [-0.2, 0) is 4.79 Å². The molecule has 0 spiro atoms. The molecule has 5 nitrogen and oxygen atoms in total. The number of nitrogens with zero attached hydrogens (tertiary/aromatic N) is 2. The second-order valence-electron chi connectivity index (χ2n) is 6.97. The van der Waals surface area contributed by atoms with E-state index in [1.54, 1.807) is 30.3 Å². The van der Waals surface area contributed by atoms with E-state index in [-0.39, 0.29) is 12.3 Å². The summed E-state index contributed by atoms with van der Waals surface area (Å²) in [5.74, 6) is -3.13. The van der Waals surface area contributed by atoms with Crippen LogP contribution in [0.15, 0.2) is 42.5 Å². The largest absolute Gasteiger partial charge is 0.494 e. The van der Waals surface area contributed by atoms with Gasteiger partial charge in [0.2, 0.25) is 0 Å². The third-order valence-electron chi connectivity index (χ3n) is 5.15. The third-order valence-corrected chi connectivity index (χ3v) is 5.15. The number of halogens is 4. The highest BCUT2D eigenvalue weighted by atomic mass is 19.4. The van der Waals surface area contributed by atoms with Crippen molar-refractivity contribution in [2.75, 3.05) is 25.1 Å². The van der Waals surface area contributed by atoms with Gasteiger partial charge in [-0.15, -0.1) is 0 Å². The fourth-order valence-electron chi connectivity index (χ4n) is 3.64. The number of methoxy groups -OCH3 is 1. The van der Waals surface area contributed by atoms with Gasteiger partial charge in [0.05, 0.1) is 24.8 Å². The first kappa shape index (κ1) is 21.4. The molecular formula is C21H19F4N3O2. The van der Waals surface area contributed by atoms with Crippen LogP contribution in [0.5, 0.6) is 5.75 Å². The number of carbonyl (C=O) groups is 1. The summed E-state index contributed by atoms with van der Waals surface area (Å²) < 4.78 is 57.7. The van der Waals surface area contributed by atoms with Crippen molar-refractivity contribution in [3.8, 4) is 11.8 Å². The molecule has 3 rings (SSSR count). The predicted molar refractivity (Wildman–Crippen MR) is 102 cm³/mol. The average Bonchev–Trinajstić information content (AvgIpc) is 2.73. The molecule has 158 valence electrons. The lowest BCUT2D eigenvalue weighted by Gasteiger charge is -2.40. The summed E-state index contributed by atoms with van der Waals surface area (Å²) in [6.45, 7) is 0.592. The Kier molecular flexibility index (Phi) is 6.15. The molecule has 2 unspecified atom stereocenters.